The summed E-state index contributed by atoms with van der Waals surface area (Å²) in [5.41, 5.74) is 3.74. The maximum absolute atomic E-state index is 13.7. The van der Waals surface area contributed by atoms with E-state index in [-0.39, 0.29) is 25.1 Å². The van der Waals surface area contributed by atoms with Crippen LogP contribution in [0.1, 0.15) is 120 Å². The third-order valence-electron chi connectivity index (χ3n) is 12.4. The Balaban J connectivity index is 0.877. The van der Waals surface area contributed by atoms with E-state index in [1.165, 1.54) is 39.1 Å². The zero-order valence-corrected chi connectivity index (χ0v) is 36.9. The largest absolute Gasteiger partial charge is 0.457 e. The molecule has 5 atom stereocenters. The van der Waals surface area contributed by atoms with E-state index in [0.717, 1.165) is 89.0 Å². The number of carbonyl (C=O) groups excluding carboxylic acids is 2. The molecule has 2 heterocycles. The number of nitrogens with one attached hydrogen (secondary N) is 1. The van der Waals surface area contributed by atoms with Crippen LogP contribution in [0.2, 0.25) is 0 Å². The number of benzene rings is 5. The Kier molecular flexibility index (Phi) is 17.0. The lowest BCUT2D eigenvalue weighted by molar-refractivity contribution is -0.370. The molecule has 2 aliphatic heterocycles. The van der Waals surface area contributed by atoms with Crippen molar-refractivity contribution in [3.05, 3.63) is 132 Å². The quantitative estimate of drug-likeness (QED) is 0.0517. The van der Waals surface area contributed by atoms with Gasteiger partial charge in [-0.2, -0.15) is 0 Å². The monoisotopic (exact) mass is 841 g/mol. The Morgan fingerprint density at radius 1 is 0.613 bits per heavy atom. The summed E-state index contributed by atoms with van der Waals surface area (Å²) < 4.78 is 31.6. The second-order valence-electron chi connectivity index (χ2n) is 17.8. The SMILES string of the molecule is CC1(C)OC[C@H]2O[C@@H](OCc3ccccc3)[C@H](NC(=O)CCCCCCCCc3ccc4ccccc4c3)[C@@H](OC(=O)CCCCCCCCc3ccc4ccccc4c3)[C@@H]2O1. The van der Waals surface area contributed by atoms with Crippen LogP contribution in [0.25, 0.3) is 21.5 Å². The van der Waals surface area contributed by atoms with Gasteiger partial charge in [0.15, 0.2) is 18.2 Å². The van der Waals surface area contributed by atoms with E-state index in [1.807, 2.05) is 44.2 Å². The molecule has 2 fully saturated rings. The van der Waals surface area contributed by atoms with Crippen molar-refractivity contribution in [3.8, 4) is 0 Å². The third kappa shape index (κ3) is 13.7. The highest BCUT2D eigenvalue weighted by Gasteiger charge is 2.54. The molecule has 62 heavy (non-hydrogen) atoms. The summed E-state index contributed by atoms with van der Waals surface area (Å²) in [5.74, 6) is -1.33. The number of esters is 1. The third-order valence-corrected chi connectivity index (χ3v) is 12.4. The second kappa shape index (κ2) is 23.2. The van der Waals surface area contributed by atoms with Crippen molar-refractivity contribution in [2.75, 3.05) is 6.61 Å². The fourth-order valence-electron chi connectivity index (χ4n) is 8.90. The molecule has 5 aromatic carbocycles. The number of hydrogen-bond acceptors (Lipinski definition) is 7. The summed E-state index contributed by atoms with van der Waals surface area (Å²) in [4.78, 5) is 27.3. The maximum Gasteiger partial charge on any atom is 0.306 e. The molecule has 0 aliphatic carbocycles. The van der Waals surface area contributed by atoms with Crippen molar-refractivity contribution in [1.82, 2.24) is 5.32 Å². The topological polar surface area (TPSA) is 92.3 Å². The highest BCUT2D eigenvalue weighted by Crippen LogP contribution is 2.35. The number of rotatable bonds is 23. The molecule has 0 spiro atoms. The number of amides is 1. The van der Waals surface area contributed by atoms with Crippen molar-refractivity contribution in [2.45, 2.75) is 160 Å². The summed E-state index contributed by atoms with van der Waals surface area (Å²) in [6.07, 6.45) is 12.5. The Morgan fingerprint density at radius 3 is 1.76 bits per heavy atom. The Bertz CT molecular complexity index is 2150. The van der Waals surface area contributed by atoms with Crippen LogP contribution < -0.4 is 5.32 Å². The molecule has 7 rings (SSSR count). The van der Waals surface area contributed by atoms with Gasteiger partial charge in [-0.25, -0.2) is 0 Å². The lowest BCUT2D eigenvalue weighted by Gasteiger charge is -2.50. The van der Waals surface area contributed by atoms with Gasteiger partial charge in [0.25, 0.3) is 0 Å². The second-order valence-corrected chi connectivity index (χ2v) is 17.8. The summed E-state index contributed by atoms with van der Waals surface area (Å²) in [7, 11) is 0. The van der Waals surface area contributed by atoms with Crippen LogP contribution in [0.5, 0.6) is 0 Å². The van der Waals surface area contributed by atoms with Crippen LogP contribution in [-0.2, 0) is 52.7 Å². The molecule has 5 aromatic rings. The molecule has 8 nitrogen and oxygen atoms in total. The van der Waals surface area contributed by atoms with E-state index in [2.05, 4.69) is 90.2 Å². The van der Waals surface area contributed by atoms with Crippen LogP contribution in [-0.4, -0.2) is 54.9 Å². The molecule has 2 saturated heterocycles. The van der Waals surface area contributed by atoms with E-state index < -0.39 is 36.4 Å². The first kappa shape index (κ1) is 45.4. The van der Waals surface area contributed by atoms with E-state index >= 15 is 0 Å². The van der Waals surface area contributed by atoms with Gasteiger partial charge in [0.2, 0.25) is 5.91 Å². The van der Waals surface area contributed by atoms with Crippen LogP contribution in [0.4, 0.5) is 0 Å². The Hall–Kier alpha value is -4.60. The first-order valence-corrected chi connectivity index (χ1v) is 23.4. The summed E-state index contributed by atoms with van der Waals surface area (Å²) in [5, 5.41) is 8.35. The zero-order valence-electron chi connectivity index (χ0n) is 36.9. The maximum atomic E-state index is 13.7. The number of hydrogen-bond donors (Lipinski definition) is 1. The van der Waals surface area contributed by atoms with E-state index in [1.54, 1.807) is 0 Å². The predicted octanol–water partition coefficient (Wildman–Crippen LogP) is 11.7. The molecule has 0 aromatic heterocycles. The van der Waals surface area contributed by atoms with Crippen molar-refractivity contribution >= 4 is 33.4 Å². The van der Waals surface area contributed by atoms with E-state index in [9.17, 15) is 9.59 Å². The van der Waals surface area contributed by atoms with Crippen LogP contribution in [0.15, 0.2) is 115 Å². The zero-order chi connectivity index (χ0) is 43.0. The lowest BCUT2D eigenvalue weighted by Crippen LogP contribution is -2.69. The molecule has 0 radical (unpaired) electrons. The fourth-order valence-corrected chi connectivity index (χ4v) is 8.90. The van der Waals surface area contributed by atoms with Gasteiger partial charge < -0.3 is 29.0 Å². The molecule has 330 valence electrons. The van der Waals surface area contributed by atoms with Crippen molar-refractivity contribution < 1.29 is 33.3 Å². The highest BCUT2D eigenvalue weighted by molar-refractivity contribution is 5.83. The van der Waals surface area contributed by atoms with Crippen LogP contribution >= 0.6 is 0 Å². The molecule has 2 aliphatic rings. The summed E-state index contributed by atoms with van der Waals surface area (Å²) in [6, 6.07) is 39.6. The fraction of sp³-hybridized carbons (Fsp3) is 0.481. The number of unbranched alkanes of at least 4 members (excludes halogenated alkanes) is 10. The smallest absolute Gasteiger partial charge is 0.306 e. The minimum absolute atomic E-state index is 0.116. The first-order valence-electron chi connectivity index (χ1n) is 23.4. The molecule has 0 bridgehead atoms. The molecule has 0 unspecified atom stereocenters. The van der Waals surface area contributed by atoms with Crippen molar-refractivity contribution in [2.24, 2.45) is 0 Å². The minimum Gasteiger partial charge on any atom is -0.457 e. The van der Waals surface area contributed by atoms with Gasteiger partial charge in [0.05, 0.1) is 13.2 Å². The standard InChI is InChI=1S/C54H67NO7/c1-54(2)59-39-47-51(62-54)52(61-49(57)31-17-10-6-4-8-13-23-41-33-35-44-27-19-21-29-46(44)37-41)50(53(60-47)58-38-42-24-14-11-15-25-42)55-48(56)30-16-9-5-3-7-12-22-40-32-34-43-26-18-20-28-45(43)36-40/h11,14-15,18-21,24-29,32-37,47,50-53H,3-10,12-13,16-17,22-23,30-31,38-39H2,1-2H3,(H,55,56)/t47-,50-,51-,52-,53-/m1/s1. The molecule has 1 N–H and O–H groups in total. The van der Waals surface area contributed by atoms with Gasteiger partial charge in [-0.3, -0.25) is 9.59 Å². The number of aryl methyl sites for hydroxylation is 2. The predicted molar refractivity (Wildman–Crippen MR) is 247 cm³/mol. The van der Waals surface area contributed by atoms with Gasteiger partial charge in [-0.15, -0.1) is 0 Å². The van der Waals surface area contributed by atoms with Crippen LogP contribution in [0, 0.1) is 0 Å². The van der Waals surface area contributed by atoms with Crippen molar-refractivity contribution in [1.29, 1.82) is 0 Å². The molecule has 0 saturated carbocycles. The average molecular weight is 842 g/mol. The average Bonchev–Trinajstić information content (AvgIpc) is 3.28. The van der Waals surface area contributed by atoms with Gasteiger partial charge in [-0.1, -0.05) is 167 Å². The first-order chi connectivity index (χ1) is 30.3. The summed E-state index contributed by atoms with van der Waals surface area (Å²) >= 11 is 0. The Morgan fingerprint density at radius 2 is 1.15 bits per heavy atom. The molecule has 8 heteroatoms. The number of fused-ring (bicyclic) bond motifs is 3. The van der Waals surface area contributed by atoms with Gasteiger partial charge in [-0.05, 0) is 90.6 Å². The highest BCUT2D eigenvalue weighted by atomic mass is 16.8. The Labute approximate surface area is 369 Å². The number of carbonyl (C=O) groups is 2. The van der Waals surface area contributed by atoms with Gasteiger partial charge >= 0.3 is 5.97 Å². The van der Waals surface area contributed by atoms with Gasteiger partial charge in [0.1, 0.15) is 18.2 Å². The van der Waals surface area contributed by atoms with Crippen LogP contribution in [0.3, 0.4) is 0 Å². The van der Waals surface area contributed by atoms with Crippen molar-refractivity contribution in [3.63, 3.8) is 0 Å². The molecular weight excluding hydrogens is 775 g/mol. The lowest BCUT2D eigenvalue weighted by atomic mass is 9.94. The molecular formula is C54H67NO7. The minimum atomic E-state index is -0.911. The normalized spacial score (nSPS) is 20.8. The van der Waals surface area contributed by atoms with E-state index in [4.69, 9.17) is 23.7 Å². The van der Waals surface area contributed by atoms with Gasteiger partial charge in [0, 0.05) is 12.8 Å². The number of ether oxygens (including phenoxy) is 5. The summed E-state index contributed by atoms with van der Waals surface area (Å²) in [6.45, 7) is 4.21. The molecule has 1 amide bonds. The van der Waals surface area contributed by atoms with E-state index in [0.29, 0.717) is 12.8 Å².